The van der Waals surface area contributed by atoms with Crippen molar-refractivity contribution in [2.45, 2.75) is 0 Å². The Morgan fingerprint density at radius 1 is 0.760 bits per heavy atom. The monoisotopic (exact) mass is 336 g/mol. The van der Waals surface area contributed by atoms with Crippen LogP contribution in [0.3, 0.4) is 0 Å². The molecule has 25 heavy (non-hydrogen) atoms. The summed E-state index contributed by atoms with van der Waals surface area (Å²) in [7, 11) is 0. The van der Waals surface area contributed by atoms with Crippen LogP contribution in [-0.4, -0.2) is 16.9 Å². The van der Waals surface area contributed by atoms with E-state index in [1.54, 1.807) is 36.4 Å². The van der Waals surface area contributed by atoms with E-state index in [-0.39, 0.29) is 11.3 Å². The van der Waals surface area contributed by atoms with E-state index < -0.39 is 11.8 Å². The number of ether oxygens (including phenoxy) is 1. The summed E-state index contributed by atoms with van der Waals surface area (Å²) in [5.74, 6) is -0.801. The minimum Gasteiger partial charge on any atom is -0.478 e. The lowest BCUT2D eigenvalue weighted by Crippen LogP contribution is -2.01. The first-order valence-electron chi connectivity index (χ1n) is 7.44. The first kappa shape index (κ1) is 16.4. The highest BCUT2D eigenvalue weighted by molar-refractivity contribution is 6.09. The van der Waals surface area contributed by atoms with E-state index in [0.717, 1.165) is 0 Å². The number of carboxylic acids is 1. The summed E-state index contributed by atoms with van der Waals surface area (Å²) in [4.78, 5) is 23.3. The van der Waals surface area contributed by atoms with E-state index >= 15 is 0 Å². The highest BCUT2D eigenvalue weighted by atomic mass is 19.1. The third-order valence-corrected chi connectivity index (χ3v) is 3.54. The van der Waals surface area contributed by atoms with Gasteiger partial charge in [0.15, 0.2) is 5.78 Å². The molecule has 0 aliphatic carbocycles. The molecule has 0 aliphatic heterocycles. The fourth-order valence-electron chi connectivity index (χ4n) is 2.27. The van der Waals surface area contributed by atoms with Gasteiger partial charge >= 0.3 is 5.97 Å². The molecule has 0 fully saturated rings. The Kier molecular flexibility index (Phi) is 4.57. The van der Waals surface area contributed by atoms with Crippen molar-refractivity contribution in [3.05, 3.63) is 95.3 Å². The van der Waals surface area contributed by atoms with Crippen LogP contribution < -0.4 is 4.74 Å². The number of aromatic carboxylic acids is 1. The molecule has 0 saturated heterocycles. The van der Waals surface area contributed by atoms with Gasteiger partial charge in [-0.2, -0.15) is 0 Å². The van der Waals surface area contributed by atoms with E-state index in [4.69, 9.17) is 9.84 Å². The maximum atomic E-state index is 12.9. The molecule has 0 aromatic heterocycles. The number of hydrogen-bond donors (Lipinski definition) is 1. The summed E-state index contributed by atoms with van der Waals surface area (Å²) in [6, 6.07) is 17.9. The number of rotatable bonds is 5. The summed E-state index contributed by atoms with van der Waals surface area (Å²) in [5, 5.41) is 8.98. The lowest BCUT2D eigenvalue weighted by Gasteiger charge is -2.07. The molecule has 5 heteroatoms. The van der Waals surface area contributed by atoms with Crippen LogP contribution >= 0.6 is 0 Å². The van der Waals surface area contributed by atoms with Crippen LogP contribution in [0.15, 0.2) is 72.8 Å². The Balaban J connectivity index is 1.76. The van der Waals surface area contributed by atoms with Gasteiger partial charge in [-0.25, -0.2) is 9.18 Å². The van der Waals surface area contributed by atoms with E-state index in [1.807, 2.05) is 0 Å². The quantitative estimate of drug-likeness (QED) is 0.694. The van der Waals surface area contributed by atoms with Crippen LogP contribution in [0.5, 0.6) is 11.5 Å². The van der Waals surface area contributed by atoms with E-state index in [1.165, 1.54) is 36.4 Å². The number of hydrogen-bond acceptors (Lipinski definition) is 3. The first-order chi connectivity index (χ1) is 12.0. The van der Waals surface area contributed by atoms with Gasteiger partial charge in [-0.3, -0.25) is 4.79 Å². The Hall–Kier alpha value is -3.47. The van der Waals surface area contributed by atoms with Crippen molar-refractivity contribution in [2.24, 2.45) is 0 Å². The van der Waals surface area contributed by atoms with E-state index in [9.17, 15) is 14.0 Å². The standard InChI is InChI=1S/C20H13FO4/c21-16-8-4-13(5-9-16)19(22)14-6-10-17(11-7-14)25-18-3-1-2-15(12-18)20(23)24/h1-12H,(H,23,24). The lowest BCUT2D eigenvalue weighted by atomic mass is 10.0. The molecule has 0 atom stereocenters. The summed E-state index contributed by atoms with van der Waals surface area (Å²) in [6.07, 6.45) is 0. The summed E-state index contributed by atoms with van der Waals surface area (Å²) in [5.41, 5.74) is 0.961. The summed E-state index contributed by atoms with van der Waals surface area (Å²) < 4.78 is 18.5. The molecule has 0 amide bonds. The van der Waals surface area contributed by atoms with Crippen molar-refractivity contribution in [3.8, 4) is 11.5 Å². The maximum absolute atomic E-state index is 12.9. The zero-order valence-corrected chi connectivity index (χ0v) is 13.0. The fourth-order valence-corrected chi connectivity index (χ4v) is 2.27. The summed E-state index contributed by atoms with van der Waals surface area (Å²) in [6.45, 7) is 0. The second kappa shape index (κ2) is 6.97. The highest BCUT2D eigenvalue weighted by Gasteiger charge is 2.10. The Morgan fingerprint density at radius 3 is 1.96 bits per heavy atom. The predicted molar refractivity (Wildman–Crippen MR) is 89.7 cm³/mol. The zero-order valence-electron chi connectivity index (χ0n) is 13.0. The smallest absolute Gasteiger partial charge is 0.335 e. The third kappa shape index (κ3) is 3.90. The van der Waals surface area contributed by atoms with Crippen LogP contribution in [0, 0.1) is 5.82 Å². The molecule has 0 saturated carbocycles. The minimum atomic E-state index is -1.04. The van der Waals surface area contributed by atoms with Crippen LogP contribution in [0.2, 0.25) is 0 Å². The van der Waals surface area contributed by atoms with Crippen molar-refractivity contribution in [1.82, 2.24) is 0 Å². The molecule has 3 aromatic carbocycles. The van der Waals surface area contributed by atoms with Gasteiger partial charge in [0, 0.05) is 11.1 Å². The van der Waals surface area contributed by atoms with Gasteiger partial charge in [0.1, 0.15) is 17.3 Å². The molecule has 0 radical (unpaired) electrons. The topological polar surface area (TPSA) is 63.6 Å². The SMILES string of the molecule is O=C(O)c1cccc(Oc2ccc(C(=O)c3ccc(F)cc3)cc2)c1. The van der Waals surface area contributed by atoms with Crippen molar-refractivity contribution >= 4 is 11.8 Å². The number of halogens is 1. The second-order valence-electron chi connectivity index (χ2n) is 5.30. The molecule has 3 aromatic rings. The lowest BCUT2D eigenvalue weighted by molar-refractivity contribution is 0.0696. The maximum Gasteiger partial charge on any atom is 0.335 e. The molecule has 0 heterocycles. The van der Waals surface area contributed by atoms with Gasteiger partial charge in [-0.15, -0.1) is 0 Å². The third-order valence-electron chi connectivity index (χ3n) is 3.54. The molecule has 0 bridgehead atoms. The second-order valence-corrected chi connectivity index (χ2v) is 5.30. The highest BCUT2D eigenvalue weighted by Crippen LogP contribution is 2.23. The van der Waals surface area contributed by atoms with E-state index in [2.05, 4.69) is 0 Å². The number of benzene rings is 3. The molecular weight excluding hydrogens is 323 g/mol. The van der Waals surface area contributed by atoms with Gasteiger partial charge in [-0.1, -0.05) is 6.07 Å². The van der Waals surface area contributed by atoms with Gasteiger partial charge in [0.2, 0.25) is 0 Å². The average Bonchev–Trinajstić information content (AvgIpc) is 2.63. The van der Waals surface area contributed by atoms with Crippen LogP contribution in [0.4, 0.5) is 4.39 Å². The Morgan fingerprint density at radius 2 is 1.36 bits per heavy atom. The molecule has 0 unspecified atom stereocenters. The van der Waals surface area contributed by atoms with Crippen molar-refractivity contribution in [3.63, 3.8) is 0 Å². The number of ketones is 1. The van der Waals surface area contributed by atoms with Gasteiger partial charge in [-0.05, 0) is 66.7 Å². The number of carboxylic acid groups (broad SMARTS) is 1. The molecular formula is C20H13FO4. The Labute approximate surface area is 143 Å². The summed E-state index contributed by atoms with van der Waals surface area (Å²) >= 11 is 0. The molecule has 3 rings (SSSR count). The van der Waals surface area contributed by atoms with Crippen molar-refractivity contribution < 1.29 is 23.8 Å². The Bertz CT molecular complexity index is 915. The zero-order chi connectivity index (χ0) is 17.8. The van der Waals surface area contributed by atoms with Crippen LogP contribution in [0.25, 0.3) is 0 Å². The number of carbonyl (C=O) groups excluding carboxylic acids is 1. The van der Waals surface area contributed by atoms with Gasteiger partial charge in [0.25, 0.3) is 0 Å². The van der Waals surface area contributed by atoms with E-state index in [0.29, 0.717) is 22.6 Å². The van der Waals surface area contributed by atoms with Crippen LogP contribution in [0.1, 0.15) is 26.3 Å². The molecule has 0 aliphatic rings. The van der Waals surface area contributed by atoms with Crippen molar-refractivity contribution in [2.75, 3.05) is 0 Å². The molecule has 4 nitrogen and oxygen atoms in total. The largest absolute Gasteiger partial charge is 0.478 e. The first-order valence-corrected chi connectivity index (χ1v) is 7.44. The minimum absolute atomic E-state index is 0.126. The molecule has 124 valence electrons. The van der Waals surface area contributed by atoms with Gasteiger partial charge in [0.05, 0.1) is 5.56 Å². The predicted octanol–water partition coefficient (Wildman–Crippen LogP) is 4.55. The van der Waals surface area contributed by atoms with Crippen molar-refractivity contribution in [1.29, 1.82) is 0 Å². The van der Waals surface area contributed by atoms with Gasteiger partial charge < -0.3 is 9.84 Å². The van der Waals surface area contributed by atoms with Crippen LogP contribution in [-0.2, 0) is 0 Å². The fraction of sp³-hybridized carbons (Fsp3) is 0. The normalized spacial score (nSPS) is 10.3. The molecule has 1 N–H and O–H groups in total. The molecule has 0 spiro atoms. The average molecular weight is 336 g/mol. The number of carbonyl (C=O) groups is 2.